The monoisotopic (exact) mass is 527 g/mol. The Balaban J connectivity index is 1.28. The highest BCUT2D eigenvalue weighted by molar-refractivity contribution is 6.07. The molecule has 2 aliphatic heterocycles. The van der Waals surface area contributed by atoms with Gasteiger partial charge in [-0.2, -0.15) is 5.10 Å². The summed E-state index contributed by atoms with van der Waals surface area (Å²) in [7, 11) is 4.03. The van der Waals surface area contributed by atoms with Crippen LogP contribution in [0, 0.1) is 0 Å². The Morgan fingerprint density at radius 3 is 2.62 bits per heavy atom. The van der Waals surface area contributed by atoms with Crippen molar-refractivity contribution in [2.24, 2.45) is 0 Å². The maximum atomic E-state index is 13.5. The molecule has 3 aromatic heterocycles. The van der Waals surface area contributed by atoms with Crippen molar-refractivity contribution in [3.8, 4) is 11.3 Å². The molecule has 5 heterocycles. The first kappa shape index (κ1) is 25.0. The summed E-state index contributed by atoms with van der Waals surface area (Å²) in [6, 6.07) is 10.4. The van der Waals surface area contributed by atoms with Gasteiger partial charge < -0.3 is 15.1 Å². The molecule has 1 aromatic carbocycles. The van der Waals surface area contributed by atoms with Gasteiger partial charge in [0.2, 0.25) is 5.95 Å². The number of hydrogen-bond donors (Lipinski definition) is 2. The third-order valence-corrected chi connectivity index (χ3v) is 8.22. The second kappa shape index (κ2) is 9.45. The number of hydrogen-bond acceptors (Lipinski definition) is 9. The Morgan fingerprint density at radius 2 is 1.85 bits per heavy atom. The number of aromatic amines is 1. The van der Waals surface area contributed by atoms with Gasteiger partial charge in [-0.05, 0) is 75.5 Å². The van der Waals surface area contributed by atoms with Crippen molar-refractivity contribution in [2.45, 2.75) is 45.8 Å². The fourth-order valence-electron chi connectivity index (χ4n) is 5.61. The lowest BCUT2D eigenvalue weighted by Gasteiger charge is -2.43. The smallest absolute Gasteiger partial charge is 0.255 e. The van der Waals surface area contributed by atoms with Crippen LogP contribution in [0.25, 0.3) is 22.2 Å². The molecule has 0 bridgehead atoms. The molecule has 2 aliphatic rings. The van der Waals surface area contributed by atoms with Crippen LogP contribution in [-0.4, -0.2) is 85.5 Å². The number of likely N-dealkylation sites (N-methyl/N-ethyl adjacent to an activating group) is 1. The molecular weight excluding hydrogens is 494 g/mol. The van der Waals surface area contributed by atoms with E-state index in [0.29, 0.717) is 29.3 Å². The molecule has 202 valence electrons. The van der Waals surface area contributed by atoms with Crippen molar-refractivity contribution in [1.82, 2.24) is 40.3 Å². The highest BCUT2D eigenvalue weighted by atomic mass is 16.1. The molecule has 2 N–H and O–H groups in total. The second-order valence-corrected chi connectivity index (χ2v) is 10.6. The number of aromatic nitrogens is 7. The summed E-state index contributed by atoms with van der Waals surface area (Å²) in [6.45, 7) is 10.2. The van der Waals surface area contributed by atoms with Gasteiger partial charge in [0, 0.05) is 60.8 Å². The van der Waals surface area contributed by atoms with E-state index in [1.165, 1.54) is 0 Å². The minimum absolute atomic E-state index is 0.193. The zero-order valence-electron chi connectivity index (χ0n) is 23.0. The average Bonchev–Trinajstić information content (AvgIpc) is 3.58. The number of carbonyl (C=O) groups is 1. The maximum Gasteiger partial charge on any atom is 0.255 e. The predicted molar refractivity (Wildman–Crippen MR) is 150 cm³/mol. The van der Waals surface area contributed by atoms with Gasteiger partial charge in [-0.1, -0.05) is 5.10 Å². The average molecular weight is 528 g/mol. The van der Waals surface area contributed by atoms with Crippen molar-refractivity contribution < 1.29 is 4.79 Å². The summed E-state index contributed by atoms with van der Waals surface area (Å²) < 4.78 is 1.65. The molecule has 3 atom stereocenters. The van der Waals surface area contributed by atoms with E-state index >= 15 is 0 Å². The normalized spacial score (nSPS) is 21.9. The van der Waals surface area contributed by atoms with Crippen LogP contribution in [0.2, 0.25) is 0 Å². The first-order valence-corrected chi connectivity index (χ1v) is 13.2. The van der Waals surface area contributed by atoms with Gasteiger partial charge in [-0.3, -0.25) is 14.8 Å². The summed E-state index contributed by atoms with van der Waals surface area (Å²) in [5, 5.41) is 23.7. The van der Waals surface area contributed by atoms with E-state index in [0.717, 1.165) is 46.8 Å². The van der Waals surface area contributed by atoms with Crippen molar-refractivity contribution in [1.29, 1.82) is 0 Å². The van der Waals surface area contributed by atoms with Gasteiger partial charge in [0.15, 0.2) is 0 Å². The summed E-state index contributed by atoms with van der Waals surface area (Å²) in [6.07, 6.45) is 1.84. The topological polar surface area (TPSA) is 124 Å². The highest BCUT2D eigenvalue weighted by Gasteiger charge is 2.33. The summed E-state index contributed by atoms with van der Waals surface area (Å²) in [5.74, 6) is 1.36. The second-order valence-electron chi connectivity index (χ2n) is 10.6. The molecule has 0 saturated carbocycles. The molecule has 1 fully saturated rings. The van der Waals surface area contributed by atoms with E-state index in [4.69, 9.17) is 0 Å². The van der Waals surface area contributed by atoms with E-state index in [-0.39, 0.29) is 11.9 Å². The molecule has 39 heavy (non-hydrogen) atoms. The number of H-pyrrole nitrogens is 1. The lowest BCUT2D eigenvalue weighted by Crippen LogP contribution is -2.55. The van der Waals surface area contributed by atoms with Gasteiger partial charge >= 0.3 is 0 Å². The Morgan fingerprint density at radius 1 is 1.08 bits per heavy atom. The third-order valence-electron chi connectivity index (χ3n) is 8.22. The molecule has 0 spiro atoms. The van der Waals surface area contributed by atoms with Crippen LogP contribution < -0.4 is 15.1 Å². The molecular formula is C27H33N11O. The van der Waals surface area contributed by atoms with E-state index in [1.54, 1.807) is 4.68 Å². The predicted octanol–water partition coefficient (Wildman–Crippen LogP) is 3.06. The lowest BCUT2D eigenvalue weighted by molar-refractivity contribution is -0.113. The van der Waals surface area contributed by atoms with E-state index in [9.17, 15) is 4.79 Å². The largest absolute Gasteiger partial charge is 0.353 e. The number of fused-ring (bicyclic) bond motifs is 2. The minimum Gasteiger partial charge on any atom is -0.353 e. The molecule has 1 unspecified atom stereocenters. The SMILES string of the molecule is CC1=C(C(=O)Nc2ccc3[nH]nc(-c4ccnc(N5C[C@@H](C)N(C)[C@@H](C)C5)c4)c3c2)C(C)n2nnnc2N1C. The van der Waals surface area contributed by atoms with Crippen LogP contribution in [0.15, 0.2) is 47.8 Å². The fraction of sp³-hybridized carbons (Fsp3) is 0.407. The Bertz CT molecular complexity index is 1580. The number of piperazine rings is 1. The van der Waals surface area contributed by atoms with Gasteiger partial charge in [-0.15, -0.1) is 0 Å². The number of carbonyl (C=O) groups excluding carboxylic acids is 1. The van der Waals surface area contributed by atoms with Crippen molar-refractivity contribution in [3.63, 3.8) is 0 Å². The Labute approximate surface area is 226 Å². The number of tetrazole rings is 1. The number of benzene rings is 1. The third kappa shape index (κ3) is 4.20. The lowest BCUT2D eigenvalue weighted by atomic mass is 10.0. The highest BCUT2D eigenvalue weighted by Crippen LogP contribution is 2.34. The molecule has 4 aromatic rings. The number of allylic oxidation sites excluding steroid dienone is 1. The zero-order chi connectivity index (χ0) is 27.4. The van der Waals surface area contributed by atoms with E-state index < -0.39 is 0 Å². The van der Waals surface area contributed by atoms with Gasteiger partial charge in [0.1, 0.15) is 11.5 Å². The van der Waals surface area contributed by atoms with Crippen LogP contribution >= 0.6 is 0 Å². The number of anilines is 3. The van der Waals surface area contributed by atoms with E-state index in [1.807, 2.05) is 56.3 Å². The van der Waals surface area contributed by atoms with Crippen molar-refractivity contribution in [2.75, 3.05) is 42.3 Å². The quantitative estimate of drug-likeness (QED) is 0.412. The Kier molecular flexibility index (Phi) is 6.06. The van der Waals surface area contributed by atoms with Gasteiger partial charge in [0.05, 0.1) is 17.1 Å². The van der Waals surface area contributed by atoms with Gasteiger partial charge in [-0.25, -0.2) is 9.67 Å². The fourth-order valence-corrected chi connectivity index (χ4v) is 5.61. The molecule has 0 radical (unpaired) electrons. The summed E-state index contributed by atoms with van der Waals surface area (Å²) >= 11 is 0. The van der Waals surface area contributed by atoms with Crippen LogP contribution in [-0.2, 0) is 4.79 Å². The van der Waals surface area contributed by atoms with Crippen LogP contribution in [0.3, 0.4) is 0 Å². The van der Waals surface area contributed by atoms with Crippen LogP contribution in [0.4, 0.5) is 17.5 Å². The number of pyridine rings is 1. The molecule has 1 saturated heterocycles. The number of rotatable bonds is 4. The summed E-state index contributed by atoms with van der Waals surface area (Å²) in [5.41, 5.74) is 4.79. The van der Waals surface area contributed by atoms with Crippen LogP contribution in [0.5, 0.6) is 0 Å². The van der Waals surface area contributed by atoms with Crippen molar-refractivity contribution >= 4 is 34.3 Å². The van der Waals surface area contributed by atoms with Crippen LogP contribution in [0.1, 0.15) is 33.7 Å². The minimum atomic E-state index is -0.297. The molecule has 1 amide bonds. The standard InChI is InChI=1S/C27H33N11O/c1-15-13-37(14-16(2)35(15)5)23-11-19(9-10-28-23)25-21-12-20(7-8-22(21)30-31-25)29-26(39)24-17(3)36(6)27-32-33-34-38(27)18(24)4/h7-12,15-16,18H,13-14H2,1-6H3,(H,29,39)(H,30,31)/t15-,16+,18?. The molecule has 12 heteroatoms. The summed E-state index contributed by atoms with van der Waals surface area (Å²) in [4.78, 5) is 24.7. The zero-order valence-corrected chi connectivity index (χ0v) is 23.0. The number of amides is 1. The van der Waals surface area contributed by atoms with E-state index in [2.05, 4.69) is 72.8 Å². The first-order valence-electron chi connectivity index (χ1n) is 13.2. The van der Waals surface area contributed by atoms with Crippen molar-refractivity contribution in [3.05, 3.63) is 47.8 Å². The van der Waals surface area contributed by atoms with Gasteiger partial charge in [0.25, 0.3) is 5.91 Å². The number of nitrogens with zero attached hydrogens (tertiary/aromatic N) is 9. The maximum absolute atomic E-state index is 13.5. The first-order chi connectivity index (χ1) is 18.7. The molecule has 12 nitrogen and oxygen atoms in total. The molecule has 6 rings (SSSR count). The number of nitrogens with one attached hydrogen (secondary N) is 2. The Hall–Kier alpha value is -4.32. The molecule has 0 aliphatic carbocycles.